The number of nitrogens with zero attached hydrogens (tertiary/aromatic N) is 2. The molecule has 3 rings (SSSR count). The van der Waals surface area contributed by atoms with E-state index in [9.17, 15) is 14.4 Å². The van der Waals surface area contributed by atoms with Gasteiger partial charge in [0.1, 0.15) is 5.76 Å². The largest absolute Gasteiger partial charge is 0.452 e. The van der Waals surface area contributed by atoms with Crippen molar-refractivity contribution in [2.45, 2.75) is 19.8 Å². The molecule has 0 aliphatic carbocycles. The van der Waals surface area contributed by atoms with Crippen LogP contribution in [0.4, 0.5) is 11.5 Å². The van der Waals surface area contributed by atoms with Crippen LogP contribution in [0.1, 0.15) is 29.0 Å². The standard InChI is InChI=1S/C17H16ClN3O5/c1-10-7-14(20-26-10)19-15(22)9-25-17(24)12-5-4-11(18)8-13(12)21-6-2-3-16(21)23/h4-5,7-8H,2-3,6,9H2,1H3,(H,19,20,22). The average molecular weight is 378 g/mol. The number of amides is 2. The van der Waals surface area contributed by atoms with Gasteiger partial charge in [-0.05, 0) is 31.5 Å². The van der Waals surface area contributed by atoms with Gasteiger partial charge in [-0.2, -0.15) is 0 Å². The predicted molar refractivity (Wildman–Crippen MR) is 93.2 cm³/mol. The second-order valence-electron chi connectivity index (χ2n) is 5.76. The molecule has 9 heteroatoms. The van der Waals surface area contributed by atoms with Crippen LogP contribution in [-0.4, -0.2) is 36.1 Å². The maximum atomic E-state index is 12.4. The molecule has 8 nitrogen and oxygen atoms in total. The lowest BCUT2D eigenvalue weighted by Crippen LogP contribution is -2.27. The highest BCUT2D eigenvalue weighted by Gasteiger charge is 2.27. The van der Waals surface area contributed by atoms with Gasteiger partial charge in [-0.1, -0.05) is 16.8 Å². The Bertz CT molecular complexity index is 864. The van der Waals surface area contributed by atoms with E-state index in [-0.39, 0.29) is 17.3 Å². The van der Waals surface area contributed by atoms with E-state index < -0.39 is 18.5 Å². The van der Waals surface area contributed by atoms with Crippen molar-refractivity contribution >= 4 is 40.9 Å². The molecule has 0 unspecified atom stereocenters. The monoisotopic (exact) mass is 377 g/mol. The molecule has 1 saturated heterocycles. The topological polar surface area (TPSA) is 102 Å². The van der Waals surface area contributed by atoms with Crippen LogP contribution in [-0.2, 0) is 14.3 Å². The summed E-state index contributed by atoms with van der Waals surface area (Å²) in [5.41, 5.74) is 0.562. The fraction of sp³-hybridized carbons (Fsp3) is 0.294. The van der Waals surface area contributed by atoms with Crippen LogP contribution < -0.4 is 10.2 Å². The highest BCUT2D eigenvalue weighted by atomic mass is 35.5. The molecular weight excluding hydrogens is 362 g/mol. The molecule has 0 bridgehead atoms. The number of hydrogen-bond acceptors (Lipinski definition) is 6. The van der Waals surface area contributed by atoms with Gasteiger partial charge in [0.25, 0.3) is 5.91 Å². The summed E-state index contributed by atoms with van der Waals surface area (Å²) >= 11 is 6.00. The van der Waals surface area contributed by atoms with Gasteiger partial charge in [0.05, 0.1) is 11.3 Å². The van der Waals surface area contributed by atoms with Gasteiger partial charge >= 0.3 is 5.97 Å². The molecular formula is C17H16ClN3O5. The number of nitrogens with one attached hydrogen (secondary N) is 1. The van der Waals surface area contributed by atoms with Crippen molar-refractivity contribution in [3.05, 3.63) is 40.6 Å². The van der Waals surface area contributed by atoms with E-state index in [4.69, 9.17) is 20.9 Å². The van der Waals surface area contributed by atoms with Gasteiger partial charge in [-0.25, -0.2) is 4.79 Å². The normalized spacial score (nSPS) is 13.8. The molecule has 1 fully saturated rings. The zero-order chi connectivity index (χ0) is 18.7. The third-order valence-corrected chi connectivity index (χ3v) is 4.01. The molecule has 1 aliphatic heterocycles. The number of aryl methyl sites for hydroxylation is 1. The third kappa shape index (κ3) is 4.02. The van der Waals surface area contributed by atoms with E-state index in [1.165, 1.54) is 23.1 Å². The van der Waals surface area contributed by atoms with Crippen LogP contribution in [0.5, 0.6) is 0 Å². The van der Waals surface area contributed by atoms with Crippen molar-refractivity contribution in [3.63, 3.8) is 0 Å². The van der Waals surface area contributed by atoms with Crippen molar-refractivity contribution in [1.82, 2.24) is 5.16 Å². The van der Waals surface area contributed by atoms with Gasteiger partial charge < -0.3 is 19.5 Å². The molecule has 0 saturated carbocycles. The number of halogens is 1. The molecule has 1 aromatic heterocycles. The summed E-state index contributed by atoms with van der Waals surface area (Å²) in [6.07, 6.45) is 1.12. The smallest absolute Gasteiger partial charge is 0.340 e. The van der Waals surface area contributed by atoms with E-state index >= 15 is 0 Å². The Morgan fingerprint density at radius 2 is 2.19 bits per heavy atom. The Hall–Kier alpha value is -2.87. The molecule has 0 spiro atoms. The molecule has 0 radical (unpaired) electrons. The number of anilines is 2. The summed E-state index contributed by atoms with van der Waals surface area (Å²) in [6.45, 7) is 1.69. The maximum Gasteiger partial charge on any atom is 0.340 e. The first-order valence-electron chi connectivity index (χ1n) is 7.94. The number of carbonyl (C=O) groups excluding carboxylic acids is 3. The number of hydrogen-bond donors (Lipinski definition) is 1. The van der Waals surface area contributed by atoms with Gasteiger partial charge in [-0.15, -0.1) is 0 Å². The second kappa shape index (κ2) is 7.57. The number of ether oxygens (including phenoxy) is 1. The lowest BCUT2D eigenvalue weighted by Gasteiger charge is -2.19. The molecule has 2 heterocycles. The van der Waals surface area contributed by atoms with Crippen molar-refractivity contribution in [3.8, 4) is 0 Å². The molecule has 2 aromatic rings. The summed E-state index contributed by atoms with van der Waals surface area (Å²) in [4.78, 5) is 37.7. The van der Waals surface area contributed by atoms with Crippen molar-refractivity contribution < 1.29 is 23.6 Å². The number of esters is 1. The van der Waals surface area contributed by atoms with Gasteiger partial charge in [-0.3, -0.25) is 9.59 Å². The third-order valence-electron chi connectivity index (χ3n) is 3.77. The number of carbonyl (C=O) groups is 3. The van der Waals surface area contributed by atoms with Crippen LogP contribution in [0, 0.1) is 6.92 Å². The van der Waals surface area contributed by atoms with Gasteiger partial charge in [0, 0.05) is 24.1 Å². The highest BCUT2D eigenvalue weighted by Crippen LogP contribution is 2.29. The Balaban J connectivity index is 1.67. The summed E-state index contributed by atoms with van der Waals surface area (Å²) in [6, 6.07) is 6.08. The quantitative estimate of drug-likeness (QED) is 0.803. The van der Waals surface area contributed by atoms with Crippen molar-refractivity contribution in [1.29, 1.82) is 0 Å². The summed E-state index contributed by atoms with van der Waals surface area (Å²) in [5, 5.41) is 6.47. The SMILES string of the molecule is Cc1cc(NC(=O)COC(=O)c2ccc(Cl)cc2N2CCCC2=O)no1. The number of benzene rings is 1. The Labute approximate surface area is 154 Å². The minimum absolute atomic E-state index is 0.0829. The van der Waals surface area contributed by atoms with Gasteiger partial charge in [0.15, 0.2) is 12.4 Å². The zero-order valence-electron chi connectivity index (χ0n) is 14.0. The summed E-state index contributed by atoms with van der Waals surface area (Å²) in [5.74, 6) is -0.584. The van der Waals surface area contributed by atoms with Crippen LogP contribution >= 0.6 is 11.6 Å². The zero-order valence-corrected chi connectivity index (χ0v) is 14.7. The first-order valence-corrected chi connectivity index (χ1v) is 8.32. The molecule has 1 N–H and O–H groups in total. The molecule has 1 aromatic carbocycles. The van der Waals surface area contributed by atoms with E-state index in [0.717, 1.165) is 0 Å². The summed E-state index contributed by atoms with van der Waals surface area (Å²) < 4.78 is 9.89. The van der Waals surface area contributed by atoms with E-state index in [0.29, 0.717) is 35.9 Å². The molecule has 1 aliphatic rings. The Morgan fingerprint density at radius 1 is 1.38 bits per heavy atom. The molecule has 26 heavy (non-hydrogen) atoms. The first kappa shape index (κ1) is 17.9. The summed E-state index contributed by atoms with van der Waals surface area (Å²) in [7, 11) is 0. The lowest BCUT2D eigenvalue weighted by molar-refractivity contribution is -0.119. The minimum Gasteiger partial charge on any atom is -0.452 e. The fourth-order valence-electron chi connectivity index (χ4n) is 2.62. The average Bonchev–Trinajstić information content (AvgIpc) is 3.20. The van der Waals surface area contributed by atoms with Crippen LogP contribution in [0.25, 0.3) is 0 Å². The Kier molecular flexibility index (Phi) is 5.22. The highest BCUT2D eigenvalue weighted by molar-refractivity contribution is 6.31. The minimum atomic E-state index is -0.720. The van der Waals surface area contributed by atoms with Crippen LogP contribution in [0.2, 0.25) is 5.02 Å². The molecule has 0 atom stereocenters. The van der Waals surface area contributed by atoms with E-state index in [1.807, 2.05) is 0 Å². The number of aromatic nitrogens is 1. The van der Waals surface area contributed by atoms with Crippen molar-refractivity contribution in [2.75, 3.05) is 23.4 Å². The maximum absolute atomic E-state index is 12.4. The number of rotatable bonds is 5. The fourth-order valence-corrected chi connectivity index (χ4v) is 2.78. The van der Waals surface area contributed by atoms with Gasteiger partial charge in [0.2, 0.25) is 5.91 Å². The second-order valence-corrected chi connectivity index (χ2v) is 6.19. The molecule has 136 valence electrons. The lowest BCUT2D eigenvalue weighted by atomic mass is 10.1. The molecule has 2 amide bonds. The first-order chi connectivity index (χ1) is 12.4. The Morgan fingerprint density at radius 3 is 2.85 bits per heavy atom. The van der Waals surface area contributed by atoms with Crippen LogP contribution in [0.15, 0.2) is 28.8 Å². The van der Waals surface area contributed by atoms with E-state index in [1.54, 1.807) is 13.0 Å². The van der Waals surface area contributed by atoms with Crippen molar-refractivity contribution in [2.24, 2.45) is 0 Å². The van der Waals surface area contributed by atoms with E-state index in [2.05, 4.69) is 10.5 Å². The predicted octanol–water partition coefficient (Wildman–Crippen LogP) is 2.56. The van der Waals surface area contributed by atoms with Crippen LogP contribution in [0.3, 0.4) is 0 Å².